The molecule has 1 atom stereocenters. The lowest BCUT2D eigenvalue weighted by Crippen LogP contribution is -2.37. The van der Waals surface area contributed by atoms with Crippen LogP contribution in [0.3, 0.4) is 0 Å². The van der Waals surface area contributed by atoms with Gasteiger partial charge in [0.25, 0.3) is 5.91 Å². The van der Waals surface area contributed by atoms with Crippen molar-refractivity contribution in [3.05, 3.63) is 28.8 Å². The Labute approximate surface area is 118 Å². The van der Waals surface area contributed by atoms with Crippen molar-refractivity contribution < 1.29 is 14.3 Å². The summed E-state index contributed by atoms with van der Waals surface area (Å²) < 4.78 is 5.48. The molecule has 0 saturated heterocycles. The lowest BCUT2D eigenvalue weighted by atomic mass is 10.2. The molecule has 0 bridgehead atoms. The molecule has 0 fully saturated rings. The molecule has 5 heteroatoms. The van der Waals surface area contributed by atoms with Crippen molar-refractivity contribution in [1.82, 2.24) is 5.32 Å². The van der Waals surface area contributed by atoms with E-state index in [0.717, 1.165) is 12.8 Å². The zero-order chi connectivity index (χ0) is 14.3. The lowest BCUT2D eigenvalue weighted by Gasteiger charge is -2.16. The number of carbonyl (C=O) groups is 2. The summed E-state index contributed by atoms with van der Waals surface area (Å²) in [5, 5.41) is 3.08. The number of nitrogens with one attached hydrogen (secondary N) is 1. The average Bonchev–Trinajstić information content (AvgIpc) is 2.41. The van der Waals surface area contributed by atoms with Crippen molar-refractivity contribution in [2.75, 3.05) is 6.54 Å². The van der Waals surface area contributed by atoms with Gasteiger partial charge in [0.05, 0.1) is 10.6 Å². The van der Waals surface area contributed by atoms with Crippen LogP contribution in [0.1, 0.15) is 37.0 Å². The van der Waals surface area contributed by atoms with Gasteiger partial charge in [-0.05, 0) is 25.5 Å². The molecular formula is C14H18ClNO3. The second-order valence-electron chi connectivity index (χ2n) is 4.18. The predicted octanol–water partition coefficient (Wildman–Crippen LogP) is 2.84. The molecule has 1 aromatic rings. The van der Waals surface area contributed by atoms with Crippen molar-refractivity contribution in [3.8, 4) is 5.75 Å². The molecule has 0 aliphatic rings. The molecule has 1 unspecified atom stereocenters. The summed E-state index contributed by atoms with van der Waals surface area (Å²) in [6, 6.07) is 4.87. The number of amides is 1. The van der Waals surface area contributed by atoms with Crippen LogP contribution < -0.4 is 10.1 Å². The Morgan fingerprint density at radius 1 is 1.53 bits per heavy atom. The van der Waals surface area contributed by atoms with Crippen LogP contribution in [0.2, 0.25) is 5.02 Å². The Kier molecular flexibility index (Phi) is 6.36. The molecule has 4 nitrogen and oxygen atoms in total. The first-order valence-electron chi connectivity index (χ1n) is 6.28. The van der Waals surface area contributed by atoms with Gasteiger partial charge in [0, 0.05) is 6.54 Å². The van der Waals surface area contributed by atoms with Crippen molar-refractivity contribution >= 4 is 23.8 Å². The van der Waals surface area contributed by atoms with E-state index in [2.05, 4.69) is 5.32 Å². The number of carbonyl (C=O) groups excluding carboxylic acids is 2. The molecule has 0 aliphatic heterocycles. The van der Waals surface area contributed by atoms with E-state index in [1.807, 2.05) is 6.92 Å². The van der Waals surface area contributed by atoms with E-state index in [4.69, 9.17) is 16.3 Å². The van der Waals surface area contributed by atoms with Gasteiger partial charge in [0.15, 0.2) is 12.4 Å². The fourth-order valence-corrected chi connectivity index (χ4v) is 1.73. The maximum absolute atomic E-state index is 11.8. The van der Waals surface area contributed by atoms with Crippen LogP contribution in [0.4, 0.5) is 0 Å². The average molecular weight is 284 g/mol. The maximum atomic E-state index is 11.8. The number of halogens is 1. The van der Waals surface area contributed by atoms with E-state index < -0.39 is 6.10 Å². The zero-order valence-electron chi connectivity index (χ0n) is 11.1. The van der Waals surface area contributed by atoms with Gasteiger partial charge in [0.2, 0.25) is 0 Å². The third kappa shape index (κ3) is 4.56. The van der Waals surface area contributed by atoms with E-state index in [9.17, 15) is 9.59 Å². The second kappa shape index (κ2) is 7.79. The van der Waals surface area contributed by atoms with Crippen molar-refractivity contribution in [3.63, 3.8) is 0 Å². The van der Waals surface area contributed by atoms with Gasteiger partial charge in [-0.3, -0.25) is 9.59 Å². The first-order chi connectivity index (χ1) is 9.10. The molecule has 19 heavy (non-hydrogen) atoms. The zero-order valence-corrected chi connectivity index (χ0v) is 11.9. The summed E-state index contributed by atoms with van der Waals surface area (Å²) >= 11 is 5.97. The van der Waals surface area contributed by atoms with Crippen LogP contribution in [0, 0.1) is 0 Å². The minimum atomic E-state index is -0.699. The number of ether oxygens (including phenoxy) is 1. The van der Waals surface area contributed by atoms with Gasteiger partial charge in [0.1, 0.15) is 5.75 Å². The highest BCUT2D eigenvalue weighted by Crippen LogP contribution is 2.28. The van der Waals surface area contributed by atoms with Gasteiger partial charge in [-0.1, -0.05) is 31.0 Å². The number of rotatable bonds is 7. The molecule has 1 amide bonds. The minimum absolute atomic E-state index is 0.217. The largest absolute Gasteiger partial charge is 0.479 e. The molecule has 0 aliphatic carbocycles. The van der Waals surface area contributed by atoms with Crippen LogP contribution in [0.15, 0.2) is 18.2 Å². The Morgan fingerprint density at radius 2 is 2.26 bits per heavy atom. The highest BCUT2D eigenvalue weighted by atomic mass is 35.5. The molecular weight excluding hydrogens is 266 g/mol. The number of unbranched alkanes of at least 4 members (excludes halogenated alkanes) is 1. The molecule has 104 valence electrons. The van der Waals surface area contributed by atoms with Crippen LogP contribution >= 0.6 is 11.6 Å². The molecule has 1 N–H and O–H groups in total. The normalized spacial score (nSPS) is 11.7. The van der Waals surface area contributed by atoms with E-state index in [0.29, 0.717) is 23.4 Å². The Bertz CT molecular complexity index is 448. The number of aldehydes is 1. The van der Waals surface area contributed by atoms with Crippen LogP contribution in [0.25, 0.3) is 0 Å². The van der Waals surface area contributed by atoms with E-state index in [1.54, 1.807) is 25.1 Å². The van der Waals surface area contributed by atoms with Crippen LogP contribution in [0.5, 0.6) is 5.75 Å². The standard InChI is InChI=1S/C14H18ClNO3/c1-3-4-8-16-14(18)10(2)19-13-11(9-17)6-5-7-12(13)15/h5-7,9-10H,3-4,8H2,1-2H3,(H,16,18). The van der Waals surface area contributed by atoms with Crippen molar-refractivity contribution in [2.45, 2.75) is 32.8 Å². The van der Waals surface area contributed by atoms with E-state index >= 15 is 0 Å². The topological polar surface area (TPSA) is 55.4 Å². The molecule has 0 aromatic heterocycles. The molecule has 0 spiro atoms. The predicted molar refractivity (Wildman–Crippen MR) is 74.8 cm³/mol. The first kappa shape index (κ1) is 15.5. The summed E-state index contributed by atoms with van der Waals surface area (Å²) in [6.07, 6.45) is 1.89. The molecule has 0 radical (unpaired) electrons. The van der Waals surface area contributed by atoms with Crippen LogP contribution in [-0.4, -0.2) is 24.8 Å². The monoisotopic (exact) mass is 283 g/mol. The SMILES string of the molecule is CCCCNC(=O)C(C)Oc1c(Cl)cccc1C=O. The van der Waals surface area contributed by atoms with E-state index in [1.165, 1.54) is 0 Å². The lowest BCUT2D eigenvalue weighted by molar-refractivity contribution is -0.127. The second-order valence-corrected chi connectivity index (χ2v) is 4.59. The number of hydrogen-bond donors (Lipinski definition) is 1. The smallest absolute Gasteiger partial charge is 0.260 e. The third-order valence-corrected chi connectivity index (χ3v) is 2.92. The summed E-state index contributed by atoms with van der Waals surface area (Å²) in [5.41, 5.74) is 0.334. The Hall–Kier alpha value is -1.55. The van der Waals surface area contributed by atoms with Gasteiger partial charge in [-0.15, -0.1) is 0 Å². The van der Waals surface area contributed by atoms with Gasteiger partial charge >= 0.3 is 0 Å². The summed E-state index contributed by atoms with van der Waals surface area (Å²) in [7, 11) is 0. The number of hydrogen-bond acceptors (Lipinski definition) is 3. The summed E-state index contributed by atoms with van der Waals surface area (Å²) in [6.45, 7) is 4.29. The van der Waals surface area contributed by atoms with Crippen LogP contribution in [-0.2, 0) is 4.79 Å². The summed E-state index contributed by atoms with van der Waals surface area (Å²) in [4.78, 5) is 22.7. The Morgan fingerprint density at radius 3 is 2.89 bits per heavy atom. The van der Waals surface area contributed by atoms with Gasteiger partial charge in [-0.25, -0.2) is 0 Å². The number of para-hydroxylation sites is 1. The highest BCUT2D eigenvalue weighted by Gasteiger charge is 2.17. The fraction of sp³-hybridized carbons (Fsp3) is 0.429. The fourth-order valence-electron chi connectivity index (χ4n) is 1.51. The first-order valence-corrected chi connectivity index (χ1v) is 6.66. The molecule has 0 saturated carbocycles. The minimum Gasteiger partial charge on any atom is -0.479 e. The maximum Gasteiger partial charge on any atom is 0.260 e. The molecule has 0 heterocycles. The highest BCUT2D eigenvalue weighted by molar-refractivity contribution is 6.32. The molecule has 1 aromatic carbocycles. The van der Waals surface area contributed by atoms with Crippen molar-refractivity contribution in [2.24, 2.45) is 0 Å². The molecule has 1 rings (SSSR count). The van der Waals surface area contributed by atoms with Gasteiger partial charge < -0.3 is 10.1 Å². The van der Waals surface area contributed by atoms with Crippen molar-refractivity contribution in [1.29, 1.82) is 0 Å². The number of benzene rings is 1. The summed E-state index contributed by atoms with van der Waals surface area (Å²) in [5.74, 6) is 0.0301. The van der Waals surface area contributed by atoms with E-state index in [-0.39, 0.29) is 11.7 Å². The quantitative estimate of drug-likeness (QED) is 0.618. The van der Waals surface area contributed by atoms with Gasteiger partial charge in [-0.2, -0.15) is 0 Å². The third-order valence-electron chi connectivity index (χ3n) is 2.62. The Balaban J connectivity index is 2.68.